The van der Waals surface area contributed by atoms with Crippen molar-refractivity contribution in [3.8, 4) is 11.4 Å². The fourth-order valence-electron chi connectivity index (χ4n) is 3.32. The van der Waals surface area contributed by atoms with Crippen molar-refractivity contribution in [2.75, 3.05) is 0 Å². The molecule has 168 valence electrons. The Kier molecular flexibility index (Phi) is 6.44. The fraction of sp³-hybridized carbons (Fsp3) is 0.421. The van der Waals surface area contributed by atoms with Crippen LogP contribution in [0.5, 0.6) is 5.75 Å². The molecule has 1 heterocycles. The molecule has 1 aliphatic rings. The van der Waals surface area contributed by atoms with Crippen LogP contribution >= 0.6 is 11.6 Å². The first kappa shape index (κ1) is 22.9. The van der Waals surface area contributed by atoms with Gasteiger partial charge in [-0.15, -0.1) is 0 Å². The molecular weight excluding hydrogens is 448 g/mol. The monoisotopic (exact) mass is 464 g/mol. The van der Waals surface area contributed by atoms with Crippen LogP contribution in [0.15, 0.2) is 27.8 Å². The number of hydrogen-bond acceptors (Lipinski definition) is 5. The first-order valence-electron chi connectivity index (χ1n) is 9.27. The Bertz CT molecular complexity index is 1120. The van der Waals surface area contributed by atoms with Crippen molar-refractivity contribution < 1.29 is 31.8 Å². The number of rotatable bonds is 3. The maximum absolute atomic E-state index is 14.5. The molecule has 3 rings (SSSR count). The smallest absolute Gasteiger partial charge is 0.431 e. The molecule has 0 saturated heterocycles. The van der Waals surface area contributed by atoms with Gasteiger partial charge in [-0.1, -0.05) is 18.0 Å². The molecule has 0 atom stereocenters. The van der Waals surface area contributed by atoms with E-state index >= 15 is 0 Å². The maximum atomic E-state index is 14.5. The number of benzene rings is 1. The van der Waals surface area contributed by atoms with E-state index in [2.05, 4.69) is 0 Å². The van der Waals surface area contributed by atoms with Gasteiger partial charge in [0, 0.05) is 19.2 Å². The number of halogens is 5. The van der Waals surface area contributed by atoms with Crippen molar-refractivity contribution in [3.05, 3.63) is 55.6 Å². The normalized spacial score (nSPS) is 15.0. The second kappa shape index (κ2) is 8.74. The first-order valence-corrected chi connectivity index (χ1v) is 9.65. The van der Waals surface area contributed by atoms with E-state index in [1.807, 2.05) is 0 Å². The highest BCUT2D eigenvalue weighted by atomic mass is 35.5. The summed E-state index contributed by atoms with van der Waals surface area (Å²) < 4.78 is 64.0. The van der Waals surface area contributed by atoms with Crippen molar-refractivity contribution >= 4 is 17.8 Å². The molecule has 1 aromatic heterocycles. The van der Waals surface area contributed by atoms with E-state index < -0.39 is 46.5 Å². The molecule has 0 amide bonds. The van der Waals surface area contributed by atoms with E-state index in [-0.39, 0.29) is 26.3 Å². The summed E-state index contributed by atoms with van der Waals surface area (Å²) in [6.45, 7) is 0. The molecule has 1 aromatic carbocycles. The Morgan fingerprint density at radius 3 is 2.39 bits per heavy atom. The third-order valence-corrected chi connectivity index (χ3v) is 5.16. The Labute approximate surface area is 177 Å². The number of ether oxygens (including phenoxy) is 2. The standard InChI is InChI=1S/C19H17ClF4N2O5/c1-25-15(19(22,23)24)9-16(27)26(17(25)28)13-8-14(11(20)7-12(13)21)31-18(29)30-10-5-3-2-4-6-10/h7-10H,2-6H2,1H3. The van der Waals surface area contributed by atoms with Crippen molar-refractivity contribution in [1.82, 2.24) is 9.13 Å². The lowest BCUT2D eigenvalue weighted by Gasteiger charge is -2.21. The average Bonchev–Trinajstić information content (AvgIpc) is 2.68. The van der Waals surface area contributed by atoms with Crippen LogP contribution in [-0.4, -0.2) is 21.4 Å². The van der Waals surface area contributed by atoms with Crippen molar-refractivity contribution in [1.29, 1.82) is 0 Å². The van der Waals surface area contributed by atoms with Gasteiger partial charge < -0.3 is 9.47 Å². The predicted octanol–water partition coefficient (Wildman–Crippen LogP) is 4.20. The van der Waals surface area contributed by atoms with Crippen LogP contribution in [0.1, 0.15) is 37.8 Å². The highest BCUT2D eigenvalue weighted by molar-refractivity contribution is 6.32. The summed E-state index contributed by atoms with van der Waals surface area (Å²) in [6, 6.07) is 1.60. The summed E-state index contributed by atoms with van der Waals surface area (Å²) in [6.07, 6.45) is -2.30. The minimum Gasteiger partial charge on any atom is -0.431 e. The molecule has 1 saturated carbocycles. The number of carbonyl (C=O) groups is 1. The molecule has 0 radical (unpaired) electrons. The number of nitrogens with zero attached hydrogens (tertiary/aromatic N) is 2. The molecule has 1 aliphatic carbocycles. The van der Waals surface area contributed by atoms with Gasteiger partial charge >= 0.3 is 18.0 Å². The van der Waals surface area contributed by atoms with Gasteiger partial charge in [-0.3, -0.25) is 9.36 Å². The van der Waals surface area contributed by atoms with Gasteiger partial charge in [0.1, 0.15) is 17.6 Å². The summed E-state index contributed by atoms with van der Waals surface area (Å²) in [7, 11) is 0.786. The number of hydrogen-bond donors (Lipinski definition) is 0. The highest BCUT2D eigenvalue weighted by Gasteiger charge is 2.35. The van der Waals surface area contributed by atoms with Gasteiger partial charge in [-0.25, -0.2) is 18.5 Å². The number of aromatic nitrogens is 2. The average molecular weight is 465 g/mol. The molecule has 0 N–H and O–H groups in total. The van der Waals surface area contributed by atoms with Crippen molar-refractivity contribution in [2.24, 2.45) is 7.05 Å². The van der Waals surface area contributed by atoms with Crippen LogP contribution < -0.4 is 16.0 Å². The van der Waals surface area contributed by atoms with Gasteiger partial charge in [0.05, 0.1) is 10.7 Å². The Balaban J connectivity index is 1.98. The van der Waals surface area contributed by atoms with Gasteiger partial charge in [0.2, 0.25) is 0 Å². The molecule has 0 bridgehead atoms. The Hall–Kier alpha value is -2.82. The molecular formula is C19H17ClF4N2O5. The molecule has 0 aliphatic heterocycles. The van der Waals surface area contributed by atoms with Crippen LogP contribution in [0.3, 0.4) is 0 Å². The molecule has 0 spiro atoms. The van der Waals surface area contributed by atoms with Crippen LogP contribution in [0.2, 0.25) is 5.02 Å². The van der Waals surface area contributed by atoms with Crippen molar-refractivity contribution in [3.63, 3.8) is 0 Å². The predicted molar refractivity (Wildman–Crippen MR) is 101 cm³/mol. The summed E-state index contributed by atoms with van der Waals surface area (Å²) in [4.78, 5) is 36.6. The quantitative estimate of drug-likeness (QED) is 0.386. The largest absolute Gasteiger partial charge is 0.514 e. The van der Waals surface area contributed by atoms with Crippen LogP contribution in [0.25, 0.3) is 5.69 Å². The third-order valence-electron chi connectivity index (χ3n) is 4.86. The Morgan fingerprint density at radius 2 is 1.77 bits per heavy atom. The lowest BCUT2D eigenvalue weighted by Crippen LogP contribution is -2.41. The second-order valence-corrected chi connectivity index (χ2v) is 7.41. The molecule has 12 heteroatoms. The van der Waals surface area contributed by atoms with E-state index in [1.54, 1.807) is 0 Å². The van der Waals surface area contributed by atoms with E-state index in [1.165, 1.54) is 0 Å². The molecule has 31 heavy (non-hydrogen) atoms. The topological polar surface area (TPSA) is 79.5 Å². The van der Waals surface area contributed by atoms with Crippen LogP contribution in [0, 0.1) is 5.82 Å². The molecule has 2 aromatic rings. The lowest BCUT2D eigenvalue weighted by atomic mass is 9.98. The van der Waals surface area contributed by atoms with Gasteiger partial charge in [0.25, 0.3) is 5.56 Å². The van der Waals surface area contributed by atoms with Gasteiger partial charge in [-0.2, -0.15) is 13.2 Å². The summed E-state index contributed by atoms with van der Waals surface area (Å²) in [5.41, 5.74) is -5.10. The van der Waals surface area contributed by atoms with Gasteiger partial charge in [-0.05, 0) is 31.7 Å². The van der Waals surface area contributed by atoms with Crippen LogP contribution in [-0.2, 0) is 18.0 Å². The minimum absolute atomic E-state index is 0.160. The second-order valence-electron chi connectivity index (χ2n) is 7.01. The highest BCUT2D eigenvalue weighted by Crippen LogP contribution is 2.31. The van der Waals surface area contributed by atoms with E-state index in [9.17, 15) is 31.9 Å². The number of carbonyl (C=O) groups excluding carboxylic acids is 1. The van der Waals surface area contributed by atoms with E-state index in [0.29, 0.717) is 18.9 Å². The maximum Gasteiger partial charge on any atom is 0.514 e. The zero-order valence-electron chi connectivity index (χ0n) is 16.2. The van der Waals surface area contributed by atoms with Crippen molar-refractivity contribution in [2.45, 2.75) is 44.4 Å². The van der Waals surface area contributed by atoms with Gasteiger partial charge in [0.15, 0.2) is 5.75 Å². The SMILES string of the molecule is Cn1c(C(F)(F)F)cc(=O)n(-c2cc(OC(=O)OC3CCCCC3)c(Cl)cc2F)c1=O. The third kappa shape index (κ3) is 4.92. The minimum atomic E-state index is -4.97. The zero-order valence-corrected chi connectivity index (χ0v) is 16.9. The van der Waals surface area contributed by atoms with E-state index in [0.717, 1.165) is 32.4 Å². The Morgan fingerprint density at radius 1 is 1.13 bits per heavy atom. The van der Waals surface area contributed by atoms with Crippen LogP contribution in [0.4, 0.5) is 22.4 Å². The summed E-state index contributed by atoms with van der Waals surface area (Å²) in [5.74, 6) is -1.61. The number of alkyl halides is 3. The molecule has 7 nitrogen and oxygen atoms in total. The zero-order chi connectivity index (χ0) is 22.9. The molecule has 1 fully saturated rings. The van der Waals surface area contributed by atoms with E-state index in [4.69, 9.17) is 21.1 Å². The molecule has 0 unspecified atom stereocenters. The lowest BCUT2D eigenvalue weighted by molar-refractivity contribution is -0.144. The first-order chi connectivity index (χ1) is 14.5. The summed E-state index contributed by atoms with van der Waals surface area (Å²) >= 11 is 5.88. The fourth-order valence-corrected chi connectivity index (χ4v) is 3.51. The summed E-state index contributed by atoms with van der Waals surface area (Å²) in [5, 5.41) is -0.362.